The molecule has 1 aromatic rings. The van der Waals surface area contributed by atoms with Crippen molar-refractivity contribution in [3.8, 4) is 5.88 Å². The summed E-state index contributed by atoms with van der Waals surface area (Å²) in [4.78, 5) is 20.9. The monoisotopic (exact) mass is 403 g/mol. The van der Waals surface area contributed by atoms with Gasteiger partial charge in [-0.3, -0.25) is 4.99 Å². The number of guanidine groups is 1. The van der Waals surface area contributed by atoms with Crippen LogP contribution in [-0.2, 0) is 10.9 Å². The van der Waals surface area contributed by atoms with Crippen molar-refractivity contribution in [2.45, 2.75) is 25.1 Å². The largest absolute Gasteiger partial charge is 0.476 e. The lowest BCUT2D eigenvalue weighted by Crippen LogP contribution is -2.50. The third kappa shape index (κ3) is 6.46. The van der Waals surface area contributed by atoms with Crippen LogP contribution < -0.4 is 15.4 Å². The Kier molecular flexibility index (Phi) is 7.70. The number of carbonyl (C=O) groups excluding carboxylic acids is 1. The average Bonchev–Trinajstić information content (AvgIpc) is 2.69. The SMILES string of the molecule is CN=C(NCCOc1ccc(C(F)(F)F)cn1)NC1CCN(C(=O)OC)CC1. The fourth-order valence-corrected chi connectivity index (χ4v) is 2.68. The number of amides is 1. The van der Waals surface area contributed by atoms with Crippen molar-refractivity contribution in [3.05, 3.63) is 23.9 Å². The number of nitrogens with one attached hydrogen (secondary N) is 2. The van der Waals surface area contributed by atoms with Crippen LogP contribution in [0.1, 0.15) is 18.4 Å². The zero-order valence-corrected chi connectivity index (χ0v) is 15.8. The van der Waals surface area contributed by atoms with Gasteiger partial charge >= 0.3 is 12.3 Å². The van der Waals surface area contributed by atoms with Crippen LogP contribution in [0.4, 0.5) is 18.0 Å². The van der Waals surface area contributed by atoms with E-state index in [-0.39, 0.29) is 24.6 Å². The highest BCUT2D eigenvalue weighted by Crippen LogP contribution is 2.29. The maximum Gasteiger partial charge on any atom is 0.417 e. The molecule has 11 heteroatoms. The fraction of sp³-hybridized carbons (Fsp3) is 0.588. The Hall–Kier alpha value is -2.72. The number of hydrogen-bond acceptors (Lipinski definition) is 5. The first-order valence-corrected chi connectivity index (χ1v) is 8.79. The molecule has 1 aliphatic rings. The number of ether oxygens (including phenoxy) is 2. The number of likely N-dealkylation sites (tertiary alicyclic amines) is 1. The number of carbonyl (C=O) groups is 1. The molecule has 0 aromatic carbocycles. The zero-order valence-electron chi connectivity index (χ0n) is 15.8. The highest BCUT2D eigenvalue weighted by Gasteiger charge is 2.30. The van der Waals surface area contributed by atoms with Gasteiger partial charge in [0.15, 0.2) is 5.96 Å². The maximum absolute atomic E-state index is 12.5. The molecule has 0 aliphatic carbocycles. The van der Waals surface area contributed by atoms with Gasteiger partial charge in [0.1, 0.15) is 6.61 Å². The number of hydrogen-bond donors (Lipinski definition) is 2. The number of halogens is 3. The van der Waals surface area contributed by atoms with Crippen LogP contribution in [0.2, 0.25) is 0 Å². The van der Waals surface area contributed by atoms with Crippen LogP contribution in [0.15, 0.2) is 23.3 Å². The van der Waals surface area contributed by atoms with Gasteiger partial charge in [0.2, 0.25) is 5.88 Å². The van der Waals surface area contributed by atoms with E-state index in [1.807, 2.05) is 0 Å². The van der Waals surface area contributed by atoms with Crippen LogP contribution >= 0.6 is 0 Å². The highest BCUT2D eigenvalue weighted by molar-refractivity contribution is 5.80. The molecule has 0 unspecified atom stereocenters. The van der Waals surface area contributed by atoms with Crippen molar-refractivity contribution < 1.29 is 27.4 Å². The minimum absolute atomic E-state index is 0.118. The zero-order chi connectivity index (χ0) is 20.6. The third-order valence-electron chi connectivity index (χ3n) is 4.20. The van der Waals surface area contributed by atoms with Gasteiger partial charge in [-0.1, -0.05) is 0 Å². The quantitative estimate of drug-likeness (QED) is 0.443. The lowest BCUT2D eigenvalue weighted by molar-refractivity contribution is -0.137. The summed E-state index contributed by atoms with van der Waals surface area (Å²) in [6.45, 7) is 1.80. The second-order valence-corrected chi connectivity index (χ2v) is 6.11. The second kappa shape index (κ2) is 10.00. The summed E-state index contributed by atoms with van der Waals surface area (Å²) in [6.07, 6.45) is -2.47. The van der Waals surface area contributed by atoms with E-state index < -0.39 is 11.7 Å². The van der Waals surface area contributed by atoms with Crippen molar-refractivity contribution in [2.24, 2.45) is 4.99 Å². The average molecular weight is 403 g/mol. The van der Waals surface area contributed by atoms with E-state index in [9.17, 15) is 18.0 Å². The van der Waals surface area contributed by atoms with Crippen molar-refractivity contribution in [3.63, 3.8) is 0 Å². The number of nitrogens with zero attached hydrogens (tertiary/aromatic N) is 3. The molecule has 28 heavy (non-hydrogen) atoms. The van der Waals surface area contributed by atoms with Gasteiger partial charge in [0.05, 0.1) is 19.2 Å². The summed E-state index contributed by atoms with van der Waals surface area (Å²) in [5.74, 6) is 0.702. The molecule has 1 aromatic heterocycles. The summed E-state index contributed by atoms with van der Waals surface area (Å²) in [5.41, 5.74) is -0.819. The molecule has 2 N–H and O–H groups in total. The summed E-state index contributed by atoms with van der Waals surface area (Å²) in [6, 6.07) is 2.28. The van der Waals surface area contributed by atoms with E-state index in [0.717, 1.165) is 25.1 Å². The molecule has 156 valence electrons. The van der Waals surface area contributed by atoms with Gasteiger partial charge in [0.25, 0.3) is 0 Å². The van der Waals surface area contributed by atoms with Crippen molar-refractivity contribution in [1.29, 1.82) is 0 Å². The van der Waals surface area contributed by atoms with E-state index in [0.29, 0.717) is 25.6 Å². The smallest absolute Gasteiger partial charge is 0.417 e. The van der Waals surface area contributed by atoms with E-state index in [1.54, 1.807) is 11.9 Å². The van der Waals surface area contributed by atoms with Crippen LogP contribution in [0.25, 0.3) is 0 Å². The molecular formula is C17H24F3N5O3. The van der Waals surface area contributed by atoms with Gasteiger partial charge in [0, 0.05) is 38.4 Å². The van der Waals surface area contributed by atoms with Crippen LogP contribution in [-0.4, -0.2) is 68.4 Å². The Morgan fingerprint density at radius 3 is 2.61 bits per heavy atom. The number of alkyl halides is 3. The van der Waals surface area contributed by atoms with Crippen molar-refractivity contribution >= 4 is 12.1 Å². The number of aliphatic imine (C=N–C) groups is 1. The van der Waals surface area contributed by atoms with Gasteiger partial charge in [-0.05, 0) is 18.9 Å². The van der Waals surface area contributed by atoms with Crippen LogP contribution in [0, 0.1) is 0 Å². The Balaban J connectivity index is 1.68. The molecule has 1 fully saturated rings. The summed E-state index contributed by atoms with van der Waals surface area (Å²) >= 11 is 0. The summed E-state index contributed by atoms with van der Waals surface area (Å²) in [7, 11) is 3.00. The first kappa shape index (κ1) is 21.6. The van der Waals surface area contributed by atoms with E-state index in [2.05, 4.69) is 20.6 Å². The topological polar surface area (TPSA) is 88.1 Å². The third-order valence-corrected chi connectivity index (χ3v) is 4.20. The number of piperidine rings is 1. The summed E-state index contributed by atoms with van der Waals surface area (Å²) < 4.78 is 47.5. The molecule has 2 heterocycles. The molecule has 2 rings (SSSR count). The Morgan fingerprint density at radius 1 is 1.36 bits per heavy atom. The maximum atomic E-state index is 12.5. The predicted molar refractivity (Wildman–Crippen MR) is 96.2 cm³/mol. The molecular weight excluding hydrogens is 379 g/mol. The summed E-state index contributed by atoms with van der Waals surface area (Å²) in [5, 5.41) is 6.34. The van der Waals surface area contributed by atoms with Crippen molar-refractivity contribution in [2.75, 3.05) is 40.4 Å². The minimum Gasteiger partial charge on any atom is -0.476 e. The molecule has 8 nitrogen and oxygen atoms in total. The van der Waals surface area contributed by atoms with E-state index in [1.165, 1.54) is 13.2 Å². The van der Waals surface area contributed by atoms with Gasteiger partial charge in [-0.25, -0.2) is 9.78 Å². The molecule has 0 radical (unpaired) electrons. The second-order valence-electron chi connectivity index (χ2n) is 6.11. The molecule has 1 amide bonds. The normalized spacial score (nSPS) is 15.9. The van der Waals surface area contributed by atoms with Crippen molar-refractivity contribution in [1.82, 2.24) is 20.5 Å². The standard InChI is InChI=1S/C17H24F3N5O3/c1-21-15(24-13-5-8-25(9-6-13)16(26)27-2)22-7-10-28-14-4-3-12(11-23-14)17(18,19)20/h3-4,11,13H,5-10H2,1-2H3,(H2,21,22,24). The molecule has 0 saturated carbocycles. The van der Waals surface area contributed by atoms with E-state index in [4.69, 9.17) is 9.47 Å². The highest BCUT2D eigenvalue weighted by atomic mass is 19.4. The first-order valence-electron chi connectivity index (χ1n) is 8.79. The fourth-order valence-electron chi connectivity index (χ4n) is 2.68. The molecule has 0 atom stereocenters. The minimum atomic E-state index is -4.42. The van der Waals surface area contributed by atoms with Crippen LogP contribution in [0.5, 0.6) is 5.88 Å². The molecule has 0 bridgehead atoms. The van der Waals surface area contributed by atoms with Gasteiger partial charge in [-0.2, -0.15) is 13.2 Å². The Morgan fingerprint density at radius 2 is 2.07 bits per heavy atom. The van der Waals surface area contributed by atoms with Crippen LogP contribution in [0.3, 0.4) is 0 Å². The number of pyridine rings is 1. The lowest BCUT2D eigenvalue weighted by Gasteiger charge is -2.32. The lowest BCUT2D eigenvalue weighted by atomic mass is 10.1. The molecule has 1 saturated heterocycles. The number of methoxy groups -OCH3 is 1. The van der Waals surface area contributed by atoms with E-state index >= 15 is 0 Å². The molecule has 0 spiro atoms. The van der Waals surface area contributed by atoms with Gasteiger partial charge in [-0.15, -0.1) is 0 Å². The number of aromatic nitrogens is 1. The Bertz CT molecular complexity index is 659. The van der Waals surface area contributed by atoms with Gasteiger partial charge < -0.3 is 25.0 Å². The first-order chi connectivity index (χ1) is 13.3. The molecule has 1 aliphatic heterocycles. The predicted octanol–water partition coefficient (Wildman–Crippen LogP) is 1.87. The Labute approximate surface area is 161 Å². The number of rotatable bonds is 5.